The van der Waals surface area contributed by atoms with Gasteiger partial charge >= 0.3 is 6.18 Å². The molecule has 1 aromatic heterocycles. The van der Waals surface area contributed by atoms with Crippen LogP contribution in [0.1, 0.15) is 17.4 Å². The van der Waals surface area contributed by atoms with E-state index in [1.165, 1.54) is 12.1 Å². The summed E-state index contributed by atoms with van der Waals surface area (Å²) in [4.78, 5) is 12.3. The highest BCUT2D eigenvalue weighted by Crippen LogP contribution is 2.20. The summed E-state index contributed by atoms with van der Waals surface area (Å²) in [7, 11) is 0. The van der Waals surface area contributed by atoms with Crippen LogP contribution in [0.25, 0.3) is 0 Å². The molecule has 0 saturated carbocycles. The first kappa shape index (κ1) is 16.2. The molecule has 0 aliphatic heterocycles. The third-order valence-corrected chi connectivity index (χ3v) is 2.28. The van der Waals surface area contributed by atoms with Gasteiger partial charge in [-0.3, -0.25) is 4.79 Å². The summed E-state index contributed by atoms with van der Waals surface area (Å²) in [5, 5.41) is 18.5. The summed E-state index contributed by atoms with van der Waals surface area (Å²) in [6, 6.07) is 2.55. The molecule has 0 saturated heterocycles. The predicted molar refractivity (Wildman–Crippen MR) is 65.4 cm³/mol. The molecule has 1 heterocycles. The van der Waals surface area contributed by atoms with Gasteiger partial charge in [0, 0.05) is 13.1 Å². The van der Waals surface area contributed by atoms with Crippen LogP contribution in [0.15, 0.2) is 12.1 Å². The average molecular weight is 292 g/mol. The molecule has 20 heavy (non-hydrogen) atoms. The highest BCUT2D eigenvalue weighted by atomic mass is 19.4. The normalized spacial score (nSPS) is 11.2. The second-order valence-electron chi connectivity index (χ2n) is 3.90. The Morgan fingerprint density at radius 2 is 2.10 bits per heavy atom. The van der Waals surface area contributed by atoms with Crippen molar-refractivity contribution in [2.24, 2.45) is 0 Å². The Morgan fingerprint density at radius 1 is 1.40 bits per heavy atom. The van der Waals surface area contributed by atoms with Crippen molar-refractivity contribution in [1.29, 1.82) is 0 Å². The number of alkyl halides is 3. The van der Waals surface area contributed by atoms with Crippen molar-refractivity contribution in [1.82, 2.24) is 15.5 Å². The summed E-state index contributed by atoms with van der Waals surface area (Å²) < 4.78 is 37.2. The van der Waals surface area contributed by atoms with Gasteiger partial charge in [-0.1, -0.05) is 0 Å². The van der Waals surface area contributed by atoms with Crippen LogP contribution in [0, 0.1) is 0 Å². The van der Waals surface area contributed by atoms with Crippen molar-refractivity contribution in [3.63, 3.8) is 0 Å². The van der Waals surface area contributed by atoms with Crippen LogP contribution in [-0.4, -0.2) is 53.6 Å². The minimum atomic E-state index is -4.42. The summed E-state index contributed by atoms with van der Waals surface area (Å²) in [5.41, 5.74) is 0.0200. The zero-order chi connectivity index (χ0) is 15.2. The first-order chi connectivity index (χ1) is 9.37. The fourth-order valence-electron chi connectivity index (χ4n) is 1.48. The molecule has 2 N–H and O–H groups in total. The second-order valence-corrected chi connectivity index (χ2v) is 3.90. The molecule has 6 nitrogen and oxygen atoms in total. The third-order valence-electron chi connectivity index (χ3n) is 2.28. The molecular formula is C11H15F3N4O2. The van der Waals surface area contributed by atoms with E-state index < -0.39 is 25.2 Å². The van der Waals surface area contributed by atoms with Crippen LogP contribution >= 0.6 is 0 Å². The van der Waals surface area contributed by atoms with E-state index in [4.69, 9.17) is 5.11 Å². The fourth-order valence-corrected chi connectivity index (χ4v) is 1.48. The predicted octanol–water partition coefficient (Wildman–Crippen LogP) is 0.587. The topological polar surface area (TPSA) is 78.4 Å². The summed E-state index contributed by atoms with van der Waals surface area (Å²) in [5.74, 6) is -0.500. The zero-order valence-corrected chi connectivity index (χ0v) is 10.8. The van der Waals surface area contributed by atoms with E-state index in [9.17, 15) is 18.0 Å². The van der Waals surface area contributed by atoms with Gasteiger partial charge in [-0.25, -0.2) is 0 Å². The molecule has 0 aliphatic carbocycles. The monoisotopic (exact) mass is 292 g/mol. The van der Waals surface area contributed by atoms with E-state index in [1.807, 2.05) is 0 Å². The number of hydrogen-bond acceptors (Lipinski definition) is 5. The number of carbonyl (C=O) groups is 1. The summed E-state index contributed by atoms with van der Waals surface area (Å²) in [6.45, 7) is 0.215. The Bertz CT molecular complexity index is 436. The maximum atomic E-state index is 12.4. The Hall–Kier alpha value is -1.90. The van der Waals surface area contributed by atoms with Gasteiger partial charge in [0.05, 0.1) is 6.61 Å². The SMILES string of the molecule is CCNC(=O)c1ccc(N(CCO)CC(F)(F)F)nn1. The quantitative estimate of drug-likeness (QED) is 0.802. The molecular weight excluding hydrogens is 277 g/mol. The number of anilines is 1. The van der Waals surface area contributed by atoms with E-state index >= 15 is 0 Å². The first-order valence-corrected chi connectivity index (χ1v) is 5.92. The highest BCUT2D eigenvalue weighted by molar-refractivity contribution is 5.92. The Labute approximate surface area is 113 Å². The lowest BCUT2D eigenvalue weighted by molar-refractivity contribution is -0.120. The van der Waals surface area contributed by atoms with Gasteiger partial charge < -0.3 is 15.3 Å². The van der Waals surface area contributed by atoms with E-state index in [0.717, 1.165) is 4.90 Å². The number of aliphatic hydroxyl groups excluding tert-OH is 1. The lowest BCUT2D eigenvalue weighted by Gasteiger charge is -2.23. The van der Waals surface area contributed by atoms with Crippen molar-refractivity contribution >= 4 is 11.7 Å². The number of rotatable bonds is 6. The molecule has 0 spiro atoms. The van der Waals surface area contributed by atoms with Crippen molar-refractivity contribution in [3.8, 4) is 0 Å². The van der Waals surface area contributed by atoms with Crippen LogP contribution in [-0.2, 0) is 0 Å². The molecule has 0 bridgehead atoms. The molecule has 0 unspecified atom stereocenters. The Morgan fingerprint density at radius 3 is 2.55 bits per heavy atom. The Balaban J connectivity index is 2.85. The maximum Gasteiger partial charge on any atom is 0.405 e. The zero-order valence-electron chi connectivity index (χ0n) is 10.8. The van der Waals surface area contributed by atoms with Crippen LogP contribution in [0.4, 0.5) is 19.0 Å². The van der Waals surface area contributed by atoms with Gasteiger partial charge in [0.25, 0.3) is 5.91 Å². The molecule has 0 radical (unpaired) electrons. The molecule has 9 heteroatoms. The smallest absolute Gasteiger partial charge is 0.395 e. The number of nitrogens with zero attached hydrogens (tertiary/aromatic N) is 3. The van der Waals surface area contributed by atoms with Crippen molar-refractivity contribution < 1.29 is 23.1 Å². The molecule has 1 amide bonds. The van der Waals surface area contributed by atoms with Gasteiger partial charge in [-0.15, -0.1) is 10.2 Å². The molecule has 0 atom stereocenters. The average Bonchev–Trinajstić information content (AvgIpc) is 2.37. The third kappa shape index (κ3) is 5.00. The van der Waals surface area contributed by atoms with Crippen molar-refractivity contribution in [2.75, 3.05) is 31.1 Å². The van der Waals surface area contributed by atoms with Gasteiger partial charge in [-0.05, 0) is 19.1 Å². The molecule has 112 valence electrons. The highest BCUT2D eigenvalue weighted by Gasteiger charge is 2.31. The number of aromatic nitrogens is 2. The van der Waals surface area contributed by atoms with Gasteiger partial charge in [0.1, 0.15) is 6.54 Å². The van der Waals surface area contributed by atoms with Crippen molar-refractivity contribution in [2.45, 2.75) is 13.1 Å². The second kappa shape index (κ2) is 7.04. The fraction of sp³-hybridized carbons (Fsp3) is 0.545. The molecule has 0 fully saturated rings. The standard InChI is InChI=1S/C11H15F3N4O2/c1-2-15-10(20)8-3-4-9(17-16-8)18(5-6-19)7-11(12,13)14/h3-4,19H,2,5-7H2,1H3,(H,15,20). The molecule has 0 aromatic carbocycles. The summed E-state index contributed by atoms with van der Waals surface area (Å²) in [6.07, 6.45) is -4.42. The molecule has 0 aliphatic rings. The van der Waals surface area contributed by atoms with Gasteiger partial charge in [0.2, 0.25) is 0 Å². The maximum absolute atomic E-state index is 12.4. The molecule has 1 aromatic rings. The lowest BCUT2D eigenvalue weighted by atomic mass is 10.3. The summed E-state index contributed by atoms with van der Waals surface area (Å²) >= 11 is 0. The van der Waals surface area contributed by atoms with E-state index in [-0.39, 0.29) is 18.1 Å². The van der Waals surface area contributed by atoms with Crippen LogP contribution in [0.5, 0.6) is 0 Å². The lowest BCUT2D eigenvalue weighted by Crippen LogP contribution is -2.37. The van der Waals surface area contributed by atoms with E-state index in [1.54, 1.807) is 6.92 Å². The minimum Gasteiger partial charge on any atom is -0.395 e. The largest absolute Gasteiger partial charge is 0.405 e. The van der Waals surface area contributed by atoms with Crippen LogP contribution in [0.3, 0.4) is 0 Å². The minimum absolute atomic E-state index is 0.0200. The number of halogens is 3. The van der Waals surface area contributed by atoms with E-state index in [2.05, 4.69) is 15.5 Å². The number of nitrogens with one attached hydrogen (secondary N) is 1. The number of carbonyl (C=O) groups excluding carboxylic acids is 1. The van der Waals surface area contributed by atoms with Crippen LogP contribution < -0.4 is 10.2 Å². The number of hydrogen-bond donors (Lipinski definition) is 2. The first-order valence-electron chi connectivity index (χ1n) is 5.92. The number of amides is 1. The Kier molecular flexibility index (Phi) is 5.68. The van der Waals surface area contributed by atoms with Crippen molar-refractivity contribution in [3.05, 3.63) is 17.8 Å². The van der Waals surface area contributed by atoms with Crippen LogP contribution in [0.2, 0.25) is 0 Å². The number of aliphatic hydroxyl groups is 1. The van der Waals surface area contributed by atoms with Gasteiger partial charge in [0.15, 0.2) is 11.5 Å². The van der Waals surface area contributed by atoms with E-state index in [0.29, 0.717) is 6.54 Å². The molecule has 1 rings (SSSR count). The van der Waals surface area contributed by atoms with Gasteiger partial charge in [-0.2, -0.15) is 13.2 Å².